The highest BCUT2D eigenvalue weighted by molar-refractivity contribution is 5.96. The van der Waals surface area contributed by atoms with Crippen LogP contribution in [0.4, 0.5) is 0 Å². The maximum atomic E-state index is 12.6. The zero-order valence-electron chi connectivity index (χ0n) is 12.3. The van der Waals surface area contributed by atoms with Crippen molar-refractivity contribution in [2.45, 2.75) is 25.3 Å². The van der Waals surface area contributed by atoms with Gasteiger partial charge in [-0.1, -0.05) is 0 Å². The number of carboxylic acids is 1. The van der Waals surface area contributed by atoms with Crippen LogP contribution in [0.5, 0.6) is 0 Å². The first-order chi connectivity index (χ1) is 11.1. The molecular formula is C16H16N2O5. The Balaban J connectivity index is 1.90. The molecule has 2 aromatic rings. The second-order valence-electron chi connectivity index (χ2n) is 5.44. The van der Waals surface area contributed by atoms with Gasteiger partial charge in [0.25, 0.3) is 11.5 Å². The molecule has 1 amide bonds. The van der Waals surface area contributed by atoms with Crippen molar-refractivity contribution < 1.29 is 19.1 Å². The number of furan rings is 1. The number of aliphatic carboxylic acids is 1. The van der Waals surface area contributed by atoms with E-state index >= 15 is 0 Å². The van der Waals surface area contributed by atoms with Crippen LogP contribution in [0.3, 0.4) is 0 Å². The van der Waals surface area contributed by atoms with Crippen LogP contribution in [0, 0.1) is 0 Å². The van der Waals surface area contributed by atoms with Crippen LogP contribution in [0.2, 0.25) is 0 Å². The fourth-order valence-corrected chi connectivity index (χ4v) is 2.80. The predicted octanol–water partition coefficient (Wildman–Crippen LogP) is 1.71. The molecule has 23 heavy (non-hydrogen) atoms. The number of piperidine rings is 1. The van der Waals surface area contributed by atoms with Gasteiger partial charge in [-0.05, 0) is 43.5 Å². The van der Waals surface area contributed by atoms with E-state index in [1.807, 2.05) is 0 Å². The third-order valence-corrected chi connectivity index (χ3v) is 3.98. The number of nitrogens with one attached hydrogen (secondary N) is 1. The topological polar surface area (TPSA) is 104 Å². The summed E-state index contributed by atoms with van der Waals surface area (Å²) in [7, 11) is 0. The van der Waals surface area contributed by atoms with Gasteiger partial charge in [0, 0.05) is 6.54 Å². The van der Waals surface area contributed by atoms with E-state index in [-0.39, 0.29) is 5.56 Å². The third kappa shape index (κ3) is 2.90. The van der Waals surface area contributed by atoms with Gasteiger partial charge in [-0.3, -0.25) is 9.59 Å². The normalized spacial score (nSPS) is 17.9. The highest BCUT2D eigenvalue weighted by Gasteiger charge is 2.33. The molecule has 0 aliphatic carbocycles. The molecule has 120 valence electrons. The number of pyridine rings is 1. The zero-order valence-corrected chi connectivity index (χ0v) is 12.3. The highest BCUT2D eigenvalue weighted by atomic mass is 16.4. The number of carbonyl (C=O) groups is 2. The van der Waals surface area contributed by atoms with Crippen molar-refractivity contribution in [1.82, 2.24) is 9.88 Å². The third-order valence-electron chi connectivity index (χ3n) is 3.98. The van der Waals surface area contributed by atoms with Crippen LogP contribution in [0.1, 0.15) is 29.6 Å². The number of carboxylic acid groups (broad SMARTS) is 1. The van der Waals surface area contributed by atoms with Crippen LogP contribution in [0.15, 0.2) is 39.7 Å². The molecule has 2 aromatic heterocycles. The second kappa shape index (κ2) is 6.12. The van der Waals surface area contributed by atoms with Crippen LogP contribution < -0.4 is 5.56 Å². The number of amides is 1. The van der Waals surface area contributed by atoms with Gasteiger partial charge in [0.05, 0.1) is 12.0 Å². The molecule has 3 heterocycles. The first kappa shape index (κ1) is 15.1. The fourth-order valence-electron chi connectivity index (χ4n) is 2.80. The van der Waals surface area contributed by atoms with E-state index in [2.05, 4.69) is 4.98 Å². The standard InChI is InChI=1S/C16H16N2O5/c19-14-10(6-7-11(17-14)13-5-3-9-23-13)15(20)18-8-2-1-4-12(18)16(21)22/h3,5-7,9,12H,1-2,4,8H2,(H,17,19)(H,21,22)/t12-/m1/s1. The molecule has 1 aliphatic rings. The zero-order chi connectivity index (χ0) is 16.4. The summed E-state index contributed by atoms with van der Waals surface area (Å²) in [6, 6.07) is 5.50. The molecule has 2 N–H and O–H groups in total. The number of aromatic amines is 1. The maximum Gasteiger partial charge on any atom is 0.326 e. The number of hydrogen-bond donors (Lipinski definition) is 2. The lowest BCUT2D eigenvalue weighted by Gasteiger charge is -2.32. The summed E-state index contributed by atoms with van der Waals surface area (Å²) in [5.41, 5.74) is -0.156. The molecule has 0 radical (unpaired) electrons. The van der Waals surface area contributed by atoms with Crippen molar-refractivity contribution in [2.75, 3.05) is 6.54 Å². The van der Waals surface area contributed by atoms with E-state index in [4.69, 9.17) is 4.42 Å². The number of hydrogen-bond acceptors (Lipinski definition) is 4. The molecule has 1 saturated heterocycles. The first-order valence-electron chi connectivity index (χ1n) is 7.39. The van der Waals surface area contributed by atoms with Gasteiger partial charge in [0.15, 0.2) is 0 Å². The molecular weight excluding hydrogens is 300 g/mol. The Bertz CT molecular complexity index is 778. The monoisotopic (exact) mass is 316 g/mol. The number of nitrogens with zero attached hydrogens (tertiary/aromatic N) is 1. The summed E-state index contributed by atoms with van der Waals surface area (Å²) in [6.45, 7) is 0.342. The molecule has 0 unspecified atom stereocenters. The Hall–Kier alpha value is -2.83. The molecule has 1 atom stereocenters. The maximum absolute atomic E-state index is 12.6. The van der Waals surface area contributed by atoms with Gasteiger partial charge >= 0.3 is 5.97 Å². The Morgan fingerprint density at radius 2 is 2.09 bits per heavy atom. The number of likely N-dealkylation sites (tertiary alicyclic amines) is 1. The fraction of sp³-hybridized carbons (Fsp3) is 0.312. The summed E-state index contributed by atoms with van der Waals surface area (Å²) in [5, 5.41) is 9.25. The van der Waals surface area contributed by atoms with Gasteiger partial charge in [0.1, 0.15) is 17.4 Å². The first-order valence-corrected chi connectivity index (χ1v) is 7.39. The van der Waals surface area contributed by atoms with E-state index < -0.39 is 23.5 Å². The SMILES string of the molecule is O=C(O)[C@H]1CCCCN1C(=O)c1ccc(-c2ccco2)[nH]c1=O. The van der Waals surface area contributed by atoms with Gasteiger partial charge in [-0.2, -0.15) is 0 Å². The Morgan fingerprint density at radius 3 is 2.74 bits per heavy atom. The quantitative estimate of drug-likeness (QED) is 0.897. The minimum Gasteiger partial charge on any atom is -0.480 e. The van der Waals surface area contributed by atoms with Crippen LogP contribution in [-0.4, -0.2) is 39.5 Å². The lowest BCUT2D eigenvalue weighted by atomic mass is 10.0. The van der Waals surface area contributed by atoms with Gasteiger partial charge in [-0.15, -0.1) is 0 Å². The Kier molecular flexibility index (Phi) is 4.01. The summed E-state index contributed by atoms with van der Waals surface area (Å²) < 4.78 is 5.20. The van der Waals surface area contributed by atoms with Crippen molar-refractivity contribution in [3.63, 3.8) is 0 Å². The summed E-state index contributed by atoms with van der Waals surface area (Å²) >= 11 is 0. The molecule has 0 spiro atoms. The van der Waals surface area contributed by atoms with E-state index in [0.717, 1.165) is 12.8 Å². The molecule has 1 fully saturated rings. The van der Waals surface area contributed by atoms with Crippen molar-refractivity contribution in [3.05, 3.63) is 46.4 Å². The number of H-pyrrole nitrogens is 1. The molecule has 0 saturated carbocycles. The molecule has 7 nitrogen and oxygen atoms in total. The molecule has 0 bridgehead atoms. The van der Waals surface area contributed by atoms with Crippen LogP contribution in [-0.2, 0) is 4.79 Å². The second-order valence-corrected chi connectivity index (χ2v) is 5.44. The largest absolute Gasteiger partial charge is 0.480 e. The number of aromatic nitrogens is 1. The minimum atomic E-state index is -1.04. The number of rotatable bonds is 3. The van der Waals surface area contributed by atoms with E-state index in [1.54, 1.807) is 18.2 Å². The highest BCUT2D eigenvalue weighted by Crippen LogP contribution is 2.20. The molecule has 7 heteroatoms. The van der Waals surface area contributed by atoms with Crippen molar-refractivity contribution >= 4 is 11.9 Å². The van der Waals surface area contributed by atoms with E-state index in [1.165, 1.54) is 17.2 Å². The minimum absolute atomic E-state index is 0.0616. The Labute approximate surface area is 131 Å². The van der Waals surface area contributed by atoms with Crippen molar-refractivity contribution in [1.29, 1.82) is 0 Å². The predicted molar refractivity (Wildman–Crippen MR) is 81.1 cm³/mol. The van der Waals surface area contributed by atoms with Gasteiger partial charge in [-0.25, -0.2) is 4.79 Å². The average Bonchev–Trinajstić information content (AvgIpc) is 3.08. The summed E-state index contributed by atoms with van der Waals surface area (Å²) in [6.07, 6.45) is 3.38. The molecule has 0 aromatic carbocycles. The van der Waals surface area contributed by atoms with Crippen molar-refractivity contribution in [3.8, 4) is 11.5 Å². The summed E-state index contributed by atoms with van der Waals surface area (Å²) in [4.78, 5) is 39.9. The van der Waals surface area contributed by atoms with Crippen molar-refractivity contribution in [2.24, 2.45) is 0 Å². The smallest absolute Gasteiger partial charge is 0.326 e. The number of carbonyl (C=O) groups excluding carboxylic acids is 1. The lowest BCUT2D eigenvalue weighted by molar-refractivity contribution is -0.143. The molecule has 1 aliphatic heterocycles. The van der Waals surface area contributed by atoms with Gasteiger partial charge in [0.2, 0.25) is 0 Å². The van der Waals surface area contributed by atoms with Crippen LogP contribution in [0.25, 0.3) is 11.5 Å². The summed E-state index contributed by atoms with van der Waals surface area (Å²) in [5.74, 6) is -1.10. The van der Waals surface area contributed by atoms with Crippen LogP contribution >= 0.6 is 0 Å². The van der Waals surface area contributed by atoms with E-state index in [0.29, 0.717) is 24.4 Å². The Morgan fingerprint density at radius 1 is 1.26 bits per heavy atom. The molecule has 3 rings (SSSR count). The van der Waals surface area contributed by atoms with E-state index in [9.17, 15) is 19.5 Å². The lowest BCUT2D eigenvalue weighted by Crippen LogP contribution is -2.49. The van der Waals surface area contributed by atoms with Gasteiger partial charge < -0.3 is 19.4 Å². The average molecular weight is 316 g/mol.